The van der Waals surface area contributed by atoms with Gasteiger partial charge in [-0.25, -0.2) is 4.79 Å². The Morgan fingerprint density at radius 2 is 2.45 bits per heavy atom. The molecule has 1 N–H and O–H groups in total. The third-order valence-corrected chi connectivity index (χ3v) is 4.23. The number of likely N-dealkylation sites (N-methyl/N-ethyl adjacent to an activating group) is 1. The molecule has 6 heteroatoms. The van der Waals surface area contributed by atoms with E-state index in [4.69, 9.17) is 4.74 Å². The number of carbonyl (C=O) groups is 1. The summed E-state index contributed by atoms with van der Waals surface area (Å²) in [7, 11) is 4.07. The Labute approximate surface area is 124 Å². The lowest BCUT2D eigenvalue weighted by Gasteiger charge is -2.32. The van der Waals surface area contributed by atoms with Crippen molar-refractivity contribution in [2.45, 2.75) is 19.1 Å². The van der Waals surface area contributed by atoms with Crippen molar-refractivity contribution in [2.24, 2.45) is 0 Å². The quantitative estimate of drug-likeness (QED) is 0.921. The molecule has 1 aliphatic heterocycles. The molecule has 20 heavy (non-hydrogen) atoms. The van der Waals surface area contributed by atoms with Crippen LogP contribution in [0.25, 0.3) is 0 Å². The molecule has 5 nitrogen and oxygen atoms in total. The summed E-state index contributed by atoms with van der Waals surface area (Å²) in [6, 6.07) is 2.32. The maximum atomic E-state index is 12.2. The van der Waals surface area contributed by atoms with Crippen LogP contribution in [0.2, 0.25) is 0 Å². The van der Waals surface area contributed by atoms with Crippen LogP contribution in [0, 0.1) is 0 Å². The van der Waals surface area contributed by atoms with Gasteiger partial charge in [0.25, 0.3) is 0 Å². The van der Waals surface area contributed by atoms with Crippen molar-refractivity contribution in [3.05, 3.63) is 22.4 Å². The number of rotatable bonds is 4. The van der Waals surface area contributed by atoms with Gasteiger partial charge in [-0.15, -0.1) is 0 Å². The normalized spacial score (nSPS) is 21.0. The Kier molecular flexibility index (Phi) is 5.39. The van der Waals surface area contributed by atoms with Crippen LogP contribution in [0.15, 0.2) is 16.8 Å². The zero-order chi connectivity index (χ0) is 14.5. The van der Waals surface area contributed by atoms with Gasteiger partial charge in [0.05, 0.1) is 18.8 Å². The first kappa shape index (κ1) is 15.3. The van der Waals surface area contributed by atoms with Crippen LogP contribution in [0.3, 0.4) is 0 Å². The van der Waals surface area contributed by atoms with Gasteiger partial charge in [-0.2, -0.15) is 11.3 Å². The number of nitrogens with one attached hydrogen (secondary N) is 1. The highest BCUT2D eigenvalue weighted by molar-refractivity contribution is 7.07. The molecular formula is C14H23N3O2S. The maximum Gasteiger partial charge on any atom is 0.317 e. The van der Waals surface area contributed by atoms with Crippen LogP contribution < -0.4 is 5.32 Å². The van der Waals surface area contributed by atoms with Crippen molar-refractivity contribution in [3.63, 3.8) is 0 Å². The van der Waals surface area contributed by atoms with Crippen molar-refractivity contribution >= 4 is 17.4 Å². The fourth-order valence-electron chi connectivity index (χ4n) is 2.36. The number of carbonyl (C=O) groups excluding carboxylic acids is 1. The minimum absolute atomic E-state index is 0.00206. The molecule has 0 radical (unpaired) electrons. The van der Waals surface area contributed by atoms with Gasteiger partial charge in [0, 0.05) is 19.6 Å². The summed E-state index contributed by atoms with van der Waals surface area (Å²) >= 11 is 1.68. The lowest BCUT2D eigenvalue weighted by Crippen LogP contribution is -2.50. The van der Waals surface area contributed by atoms with Crippen molar-refractivity contribution < 1.29 is 9.53 Å². The van der Waals surface area contributed by atoms with Crippen molar-refractivity contribution in [1.29, 1.82) is 0 Å². The third-order valence-electron chi connectivity index (χ3n) is 3.53. The molecule has 112 valence electrons. The Balaban J connectivity index is 1.87. The predicted molar refractivity (Wildman–Crippen MR) is 81.1 cm³/mol. The summed E-state index contributed by atoms with van der Waals surface area (Å²) in [6.45, 7) is 4.57. The zero-order valence-electron chi connectivity index (χ0n) is 12.3. The second-order valence-corrected chi connectivity index (χ2v) is 6.13. The number of hydrogen-bond acceptors (Lipinski definition) is 4. The molecule has 2 amide bonds. The molecule has 2 atom stereocenters. The molecule has 1 aliphatic rings. The molecule has 2 rings (SSSR count). The highest BCUT2D eigenvalue weighted by Crippen LogP contribution is 2.20. The minimum Gasteiger partial charge on any atom is -0.375 e. The predicted octanol–water partition coefficient (Wildman–Crippen LogP) is 1.78. The van der Waals surface area contributed by atoms with Gasteiger partial charge >= 0.3 is 6.03 Å². The molecule has 1 fully saturated rings. The minimum atomic E-state index is 0.00206. The number of ether oxygens (including phenoxy) is 1. The van der Waals surface area contributed by atoms with E-state index in [2.05, 4.69) is 27.0 Å². The Morgan fingerprint density at radius 1 is 1.65 bits per heavy atom. The van der Waals surface area contributed by atoms with Crippen LogP contribution in [-0.2, 0) is 4.74 Å². The fourth-order valence-corrected chi connectivity index (χ4v) is 3.07. The van der Waals surface area contributed by atoms with Gasteiger partial charge in [0.1, 0.15) is 0 Å². The average molecular weight is 297 g/mol. The molecule has 0 spiro atoms. The molecule has 0 saturated carbocycles. The van der Waals surface area contributed by atoms with Crippen LogP contribution >= 0.6 is 11.3 Å². The fraction of sp³-hybridized carbons (Fsp3) is 0.643. The number of thiophene rings is 1. The largest absolute Gasteiger partial charge is 0.375 e. The van der Waals surface area contributed by atoms with Gasteiger partial charge in [-0.05, 0) is 43.4 Å². The van der Waals surface area contributed by atoms with Gasteiger partial charge in [-0.3, -0.25) is 0 Å². The van der Waals surface area contributed by atoms with E-state index in [1.807, 2.05) is 25.9 Å². The van der Waals surface area contributed by atoms with Crippen LogP contribution in [0.4, 0.5) is 4.79 Å². The van der Waals surface area contributed by atoms with Crippen molar-refractivity contribution in [2.75, 3.05) is 40.3 Å². The van der Waals surface area contributed by atoms with E-state index in [1.54, 1.807) is 11.3 Å². The van der Waals surface area contributed by atoms with Crippen molar-refractivity contribution in [1.82, 2.24) is 15.1 Å². The van der Waals surface area contributed by atoms with E-state index in [-0.39, 0.29) is 18.2 Å². The maximum absolute atomic E-state index is 12.2. The zero-order valence-corrected chi connectivity index (χ0v) is 13.2. The molecule has 0 unspecified atom stereocenters. The van der Waals surface area contributed by atoms with Crippen molar-refractivity contribution in [3.8, 4) is 0 Å². The van der Waals surface area contributed by atoms with Gasteiger partial charge < -0.3 is 19.9 Å². The molecule has 1 saturated heterocycles. The Morgan fingerprint density at radius 3 is 3.05 bits per heavy atom. The first-order valence-corrected chi connectivity index (χ1v) is 7.85. The molecule has 2 heterocycles. The summed E-state index contributed by atoms with van der Waals surface area (Å²) in [5.41, 5.74) is 1.25. The average Bonchev–Trinajstić information content (AvgIpc) is 2.92. The topological polar surface area (TPSA) is 44.8 Å². The molecule has 0 aromatic carbocycles. The van der Waals surface area contributed by atoms with E-state index in [1.165, 1.54) is 5.56 Å². The summed E-state index contributed by atoms with van der Waals surface area (Å²) < 4.78 is 5.45. The molecule has 1 aromatic heterocycles. The third kappa shape index (κ3) is 3.94. The van der Waals surface area contributed by atoms with Crippen LogP contribution in [-0.4, -0.2) is 62.3 Å². The summed E-state index contributed by atoms with van der Waals surface area (Å²) in [4.78, 5) is 16.1. The molecule has 1 aromatic rings. The highest BCUT2D eigenvalue weighted by atomic mass is 32.1. The van der Waals surface area contributed by atoms with Gasteiger partial charge in [0.2, 0.25) is 0 Å². The molecule has 0 bridgehead atoms. The SMILES string of the molecule is C[C@@H]1CN(C(=O)NC[C@H](c2ccsc2)N(C)C)CCO1. The monoisotopic (exact) mass is 297 g/mol. The van der Waals surface area contributed by atoms with Crippen LogP contribution in [0.1, 0.15) is 18.5 Å². The van der Waals surface area contributed by atoms with E-state index in [0.717, 1.165) is 0 Å². The number of morpholine rings is 1. The Hall–Kier alpha value is -1.11. The summed E-state index contributed by atoms with van der Waals surface area (Å²) in [5, 5.41) is 7.24. The van der Waals surface area contributed by atoms with E-state index >= 15 is 0 Å². The van der Waals surface area contributed by atoms with Gasteiger partial charge in [0.15, 0.2) is 0 Å². The number of hydrogen-bond donors (Lipinski definition) is 1. The number of urea groups is 1. The lowest BCUT2D eigenvalue weighted by atomic mass is 10.1. The molecule has 0 aliphatic carbocycles. The second-order valence-electron chi connectivity index (χ2n) is 5.35. The second kappa shape index (κ2) is 7.06. The van der Waals surface area contributed by atoms with E-state index < -0.39 is 0 Å². The van der Waals surface area contributed by atoms with E-state index in [9.17, 15) is 4.79 Å². The highest BCUT2D eigenvalue weighted by Gasteiger charge is 2.22. The first-order valence-electron chi connectivity index (χ1n) is 6.91. The molecular weight excluding hydrogens is 274 g/mol. The smallest absolute Gasteiger partial charge is 0.317 e. The standard InChI is InChI=1S/C14H23N3O2S/c1-11-9-17(5-6-19-11)14(18)15-8-13(16(2)3)12-4-7-20-10-12/h4,7,10-11,13H,5-6,8-9H2,1-3H3,(H,15,18)/t11-,13-/m1/s1. The van der Waals surface area contributed by atoms with Crippen LogP contribution in [0.5, 0.6) is 0 Å². The lowest BCUT2D eigenvalue weighted by molar-refractivity contribution is -0.00363. The summed E-state index contributed by atoms with van der Waals surface area (Å²) in [6.07, 6.45) is 0.121. The number of nitrogens with zero attached hydrogens (tertiary/aromatic N) is 2. The Bertz CT molecular complexity index is 422. The van der Waals surface area contributed by atoms with Gasteiger partial charge in [-0.1, -0.05) is 0 Å². The number of amides is 2. The first-order chi connectivity index (χ1) is 9.58. The van der Waals surface area contributed by atoms with E-state index in [0.29, 0.717) is 26.2 Å². The summed E-state index contributed by atoms with van der Waals surface area (Å²) in [5.74, 6) is 0.